The maximum Gasteiger partial charge on any atom is 0.341 e. The predicted octanol–water partition coefficient (Wildman–Crippen LogP) is 5.50. The van der Waals surface area contributed by atoms with Crippen LogP contribution in [0.1, 0.15) is 43.6 Å². The Morgan fingerprint density at radius 1 is 1.13 bits per heavy atom. The Morgan fingerprint density at radius 2 is 1.87 bits per heavy atom. The van der Waals surface area contributed by atoms with Crippen LogP contribution < -0.4 is 5.32 Å². The third-order valence-corrected chi connectivity index (χ3v) is 6.86. The number of halogens is 1. The third kappa shape index (κ3) is 5.06. The Hall–Kier alpha value is -2.48. The molecule has 0 saturated carbocycles. The zero-order valence-corrected chi connectivity index (χ0v) is 19.6. The van der Waals surface area contributed by atoms with E-state index < -0.39 is 0 Å². The number of rotatable bonds is 6. The van der Waals surface area contributed by atoms with Crippen LogP contribution in [0.5, 0.6) is 0 Å². The van der Waals surface area contributed by atoms with Gasteiger partial charge >= 0.3 is 5.97 Å². The Balaban J connectivity index is 1.59. The summed E-state index contributed by atoms with van der Waals surface area (Å²) in [5, 5.41) is 3.52. The summed E-state index contributed by atoms with van der Waals surface area (Å²) in [7, 11) is 0. The van der Waals surface area contributed by atoms with Gasteiger partial charge in [0.2, 0.25) is 0 Å². The Morgan fingerprint density at radius 3 is 2.58 bits per heavy atom. The largest absolute Gasteiger partial charge is 0.462 e. The van der Waals surface area contributed by atoms with Gasteiger partial charge in [0.1, 0.15) is 5.00 Å². The van der Waals surface area contributed by atoms with Gasteiger partial charge in [-0.25, -0.2) is 4.79 Å². The number of fused-ring (bicyclic) bond motifs is 1. The molecule has 1 aliphatic rings. The highest BCUT2D eigenvalue weighted by atomic mass is 79.9. The Labute approximate surface area is 194 Å². The van der Waals surface area contributed by atoms with Gasteiger partial charge < -0.3 is 10.1 Å². The molecule has 31 heavy (non-hydrogen) atoms. The summed E-state index contributed by atoms with van der Waals surface area (Å²) < 4.78 is 6.22. The third-order valence-electron chi connectivity index (χ3n) is 5.20. The average molecular weight is 499 g/mol. The molecule has 1 aliphatic heterocycles. The number of nitrogens with zero attached hydrogens (tertiary/aromatic N) is 1. The van der Waals surface area contributed by atoms with E-state index in [1.807, 2.05) is 30.3 Å². The van der Waals surface area contributed by atoms with Crippen LogP contribution in [0.2, 0.25) is 0 Å². The molecule has 7 heteroatoms. The molecular weight excluding hydrogens is 476 g/mol. The first kappa shape index (κ1) is 21.7. The van der Waals surface area contributed by atoms with E-state index in [0.29, 0.717) is 22.7 Å². The van der Waals surface area contributed by atoms with Crippen LogP contribution in [0.3, 0.4) is 0 Å². The van der Waals surface area contributed by atoms with Crippen molar-refractivity contribution in [3.05, 3.63) is 86.2 Å². The van der Waals surface area contributed by atoms with Crippen molar-refractivity contribution in [2.24, 2.45) is 0 Å². The zero-order chi connectivity index (χ0) is 21.8. The molecule has 2 aromatic carbocycles. The van der Waals surface area contributed by atoms with Crippen LogP contribution in [0.25, 0.3) is 0 Å². The van der Waals surface area contributed by atoms with E-state index >= 15 is 0 Å². The van der Waals surface area contributed by atoms with E-state index in [1.54, 1.807) is 19.1 Å². The number of thiophene rings is 1. The first-order chi connectivity index (χ1) is 15.0. The van der Waals surface area contributed by atoms with Crippen LogP contribution in [-0.2, 0) is 24.2 Å². The van der Waals surface area contributed by atoms with E-state index in [-0.39, 0.29) is 11.9 Å². The van der Waals surface area contributed by atoms with Gasteiger partial charge in [-0.15, -0.1) is 11.3 Å². The van der Waals surface area contributed by atoms with Crippen molar-refractivity contribution in [3.63, 3.8) is 0 Å². The standard InChI is InChI=1S/C24H23BrN2O3S/c1-2-30-24(29)21-19-12-13-27(14-16-6-4-3-5-7-16)15-20(19)31-23(21)26-22(28)17-8-10-18(25)11-9-17/h3-11H,2,12-15H2,1H3,(H,26,28). The number of esters is 1. The van der Waals surface area contributed by atoms with Gasteiger partial charge in [0.05, 0.1) is 12.2 Å². The van der Waals surface area contributed by atoms with Crippen molar-refractivity contribution in [2.75, 3.05) is 18.5 Å². The lowest BCUT2D eigenvalue weighted by atomic mass is 10.0. The molecule has 0 aliphatic carbocycles. The predicted molar refractivity (Wildman–Crippen MR) is 127 cm³/mol. The molecule has 1 amide bonds. The van der Waals surface area contributed by atoms with Gasteiger partial charge in [0, 0.05) is 34.5 Å². The average Bonchev–Trinajstić information content (AvgIpc) is 3.12. The second kappa shape index (κ2) is 9.77. The van der Waals surface area contributed by atoms with Crippen molar-refractivity contribution in [3.8, 4) is 0 Å². The fourth-order valence-corrected chi connectivity index (χ4v) is 5.25. The van der Waals surface area contributed by atoms with Crippen LogP contribution in [0.4, 0.5) is 5.00 Å². The number of benzene rings is 2. The number of hydrogen-bond donors (Lipinski definition) is 1. The van der Waals surface area contributed by atoms with E-state index in [4.69, 9.17) is 4.74 Å². The number of amides is 1. The number of carbonyl (C=O) groups is 2. The molecular formula is C24H23BrN2O3S. The normalized spacial score (nSPS) is 13.5. The molecule has 3 aromatic rings. The SMILES string of the molecule is CCOC(=O)c1c(NC(=O)c2ccc(Br)cc2)sc2c1CCN(Cc1ccccc1)C2. The van der Waals surface area contributed by atoms with E-state index in [2.05, 4.69) is 38.3 Å². The number of hydrogen-bond acceptors (Lipinski definition) is 5. The van der Waals surface area contributed by atoms with E-state index in [9.17, 15) is 9.59 Å². The lowest BCUT2D eigenvalue weighted by Gasteiger charge is -2.27. The molecule has 0 unspecified atom stereocenters. The Bertz CT molecular complexity index is 1080. The minimum atomic E-state index is -0.373. The van der Waals surface area contributed by atoms with Crippen LogP contribution in [0, 0.1) is 0 Å². The highest BCUT2D eigenvalue weighted by Gasteiger charge is 2.29. The van der Waals surface area contributed by atoms with Gasteiger partial charge in [-0.3, -0.25) is 9.69 Å². The van der Waals surface area contributed by atoms with E-state index in [0.717, 1.165) is 41.0 Å². The highest BCUT2D eigenvalue weighted by Crippen LogP contribution is 2.38. The molecule has 5 nitrogen and oxygen atoms in total. The maximum absolute atomic E-state index is 12.8. The van der Waals surface area contributed by atoms with Crippen LogP contribution >= 0.6 is 27.3 Å². The van der Waals surface area contributed by atoms with Crippen molar-refractivity contribution in [2.45, 2.75) is 26.4 Å². The van der Waals surface area contributed by atoms with Gasteiger partial charge in [-0.2, -0.15) is 0 Å². The molecule has 2 heterocycles. The van der Waals surface area contributed by atoms with Gasteiger partial charge in [0.25, 0.3) is 5.91 Å². The lowest BCUT2D eigenvalue weighted by molar-refractivity contribution is 0.0526. The summed E-state index contributed by atoms with van der Waals surface area (Å²) in [5.74, 6) is -0.611. The summed E-state index contributed by atoms with van der Waals surface area (Å²) in [4.78, 5) is 29.0. The van der Waals surface area contributed by atoms with Crippen molar-refractivity contribution in [1.82, 2.24) is 4.90 Å². The number of anilines is 1. The molecule has 0 radical (unpaired) electrons. The number of ether oxygens (including phenoxy) is 1. The topological polar surface area (TPSA) is 58.6 Å². The molecule has 0 fully saturated rings. The summed E-state index contributed by atoms with van der Waals surface area (Å²) in [6.45, 7) is 4.54. The second-order valence-electron chi connectivity index (χ2n) is 7.34. The molecule has 0 bridgehead atoms. The second-order valence-corrected chi connectivity index (χ2v) is 9.36. The lowest BCUT2D eigenvalue weighted by Crippen LogP contribution is -2.29. The number of carbonyl (C=O) groups excluding carboxylic acids is 2. The van der Waals surface area contributed by atoms with Crippen LogP contribution in [-0.4, -0.2) is 29.9 Å². The minimum Gasteiger partial charge on any atom is -0.462 e. The molecule has 1 N–H and O–H groups in total. The fourth-order valence-electron chi connectivity index (χ4n) is 3.72. The van der Waals surface area contributed by atoms with Crippen LogP contribution in [0.15, 0.2) is 59.1 Å². The van der Waals surface area contributed by atoms with Crippen molar-refractivity contribution in [1.29, 1.82) is 0 Å². The zero-order valence-electron chi connectivity index (χ0n) is 17.2. The van der Waals surface area contributed by atoms with Crippen molar-refractivity contribution < 1.29 is 14.3 Å². The highest BCUT2D eigenvalue weighted by molar-refractivity contribution is 9.10. The summed E-state index contributed by atoms with van der Waals surface area (Å²) in [6.07, 6.45) is 0.751. The number of nitrogens with one attached hydrogen (secondary N) is 1. The molecule has 4 rings (SSSR count). The van der Waals surface area contributed by atoms with Gasteiger partial charge in [-0.05, 0) is 48.7 Å². The minimum absolute atomic E-state index is 0.238. The fraction of sp³-hybridized carbons (Fsp3) is 0.250. The molecule has 0 spiro atoms. The summed E-state index contributed by atoms with van der Waals surface area (Å²) in [5.41, 5.74) is 3.30. The monoisotopic (exact) mass is 498 g/mol. The van der Waals surface area contributed by atoms with Gasteiger partial charge in [0.15, 0.2) is 0 Å². The smallest absolute Gasteiger partial charge is 0.341 e. The maximum atomic E-state index is 12.8. The first-order valence-corrected chi connectivity index (χ1v) is 11.8. The molecule has 0 atom stereocenters. The van der Waals surface area contributed by atoms with E-state index in [1.165, 1.54) is 16.9 Å². The first-order valence-electron chi connectivity index (χ1n) is 10.2. The molecule has 0 saturated heterocycles. The molecule has 1 aromatic heterocycles. The quantitative estimate of drug-likeness (QED) is 0.456. The summed E-state index contributed by atoms with van der Waals surface area (Å²) in [6, 6.07) is 17.5. The van der Waals surface area contributed by atoms with Crippen molar-refractivity contribution >= 4 is 44.1 Å². The molecule has 160 valence electrons. The Kier molecular flexibility index (Phi) is 6.85. The summed E-state index contributed by atoms with van der Waals surface area (Å²) >= 11 is 4.85. The van der Waals surface area contributed by atoms with Gasteiger partial charge in [-0.1, -0.05) is 46.3 Å².